The summed E-state index contributed by atoms with van der Waals surface area (Å²) >= 11 is 0. The number of hydrogen-bond donors (Lipinski definition) is 1. The van der Waals surface area contributed by atoms with E-state index in [2.05, 4.69) is 0 Å². The molecule has 0 unspecified atom stereocenters. The van der Waals surface area contributed by atoms with Gasteiger partial charge in [0.2, 0.25) is 11.7 Å². The molecular weight excluding hydrogens is 550 g/mol. The molecule has 4 rings (SSSR count). The highest BCUT2D eigenvalue weighted by Gasteiger charge is 2.44. The average Bonchev–Trinajstić information content (AvgIpc) is 3.61. The summed E-state index contributed by atoms with van der Waals surface area (Å²) in [6.07, 6.45) is 0.549. The van der Waals surface area contributed by atoms with Crippen molar-refractivity contribution in [3.05, 3.63) is 83.3 Å². The number of carbonyl (C=O) groups excluding carboxylic acids is 3. The van der Waals surface area contributed by atoms with Crippen molar-refractivity contribution in [1.82, 2.24) is 4.90 Å². The normalized spacial score (nSPS) is 15.6. The van der Waals surface area contributed by atoms with Crippen LogP contribution in [0.15, 0.2) is 65.1 Å². The number of rotatable bonds is 16. The summed E-state index contributed by atoms with van der Waals surface area (Å²) in [5.74, 6) is -1.56. The van der Waals surface area contributed by atoms with E-state index in [1.54, 1.807) is 6.07 Å². The van der Waals surface area contributed by atoms with Gasteiger partial charge >= 0.3 is 6.09 Å². The summed E-state index contributed by atoms with van der Waals surface area (Å²) in [7, 11) is 0. The van der Waals surface area contributed by atoms with Crippen LogP contribution in [-0.4, -0.2) is 73.5 Å². The van der Waals surface area contributed by atoms with Gasteiger partial charge in [-0.2, -0.15) is 0 Å². The molecule has 0 aliphatic carbocycles. The van der Waals surface area contributed by atoms with Crippen LogP contribution in [0.2, 0.25) is 0 Å². The van der Waals surface area contributed by atoms with Crippen LogP contribution in [0.4, 0.5) is 4.79 Å². The van der Waals surface area contributed by atoms with Gasteiger partial charge in [0, 0.05) is 18.6 Å². The van der Waals surface area contributed by atoms with Crippen LogP contribution in [0.25, 0.3) is 11.1 Å². The summed E-state index contributed by atoms with van der Waals surface area (Å²) < 4.78 is 22.3. The Morgan fingerprint density at radius 2 is 1.74 bits per heavy atom. The van der Waals surface area contributed by atoms with Gasteiger partial charge in [-0.05, 0) is 42.9 Å². The summed E-state index contributed by atoms with van der Waals surface area (Å²) in [6.45, 7) is 7.45. The first-order valence-electron chi connectivity index (χ1n) is 14.8. The standard InChI is InChI=1S/C34H41NO8/c1-23(2)29-22-42-34(39)35(29)33(38)28(20-25-10-5-4-6-11-25)32(37)31-21-27(26-12-7-9-24(3)19-26)30(43-31)13-8-15-40-17-18-41-16-14-36/h4-7,9-12,19,21,23,28-29,36H,8,13-18,20,22H2,1-3H3/t28-,29-/m1/s1. The van der Waals surface area contributed by atoms with Gasteiger partial charge in [0.05, 0.1) is 32.5 Å². The molecule has 0 saturated carbocycles. The van der Waals surface area contributed by atoms with E-state index in [9.17, 15) is 14.4 Å². The number of hydrogen-bond acceptors (Lipinski definition) is 8. The molecule has 1 fully saturated rings. The maximum Gasteiger partial charge on any atom is 0.417 e. The smallest absolute Gasteiger partial charge is 0.417 e. The number of carbonyl (C=O) groups is 3. The predicted molar refractivity (Wildman–Crippen MR) is 161 cm³/mol. The number of Topliss-reactive ketones (excluding diaryl/α,β-unsaturated/α-hetero) is 1. The van der Waals surface area contributed by atoms with Crippen LogP contribution in [0.3, 0.4) is 0 Å². The molecule has 2 heterocycles. The summed E-state index contributed by atoms with van der Waals surface area (Å²) in [6, 6.07) is 18.5. The minimum atomic E-state index is -1.17. The Bertz CT molecular complexity index is 1370. The third kappa shape index (κ3) is 8.40. The van der Waals surface area contributed by atoms with Gasteiger partial charge in [-0.1, -0.05) is 74.0 Å². The minimum absolute atomic E-state index is 0.0283. The van der Waals surface area contributed by atoms with Gasteiger partial charge in [-0.25, -0.2) is 9.69 Å². The van der Waals surface area contributed by atoms with Crippen LogP contribution in [0.5, 0.6) is 0 Å². The van der Waals surface area contributed by atoms with E-state index in [1.165, 1.54) is 0 Å². The number of ether oxygens (including phenoxy) is 3. The number of ketones is 1. The second-order valence-electron chi connectivity index (χ2n) is 11.1. The number of aliphatic hydroxyl groups is 1. The monoisotopic (exact) mass is 591 g/mol. The molecule has 0 bridgehead atoms. The highest BCUT2D eigenvalue weighted by molar-refractivity contribution is 6.12. The summed E-state index contributed by atoms with van der Waals surface area (Å²) in [5.41, 5.74) is 3.55. The van der Waals surface area contributed by atoms with Crippen LogP contribution in [0, 0.1) is 18.8 Å². The number of aryl methyl sites for hydroxylation is 2. The number of benzene rings is 2. The Kier molecular flexibility index (Phi) is 11.7. The van der Waals surface area contributed by atoms with Crippen molar-refractivity contribution >= 4 is 17.8 Å². The molecule has 1 aromatic heterocycles. The van der Waals surface area contributed by atoms with Gasteiger partial charge in [0.1, 0.15) is 18.3 Å². The van der Waals surface area contributed by atoms with Crippen molar-refractivity contribution in [3.8, 4) is 11.1 Å². The molecule has 0 spiro atoms. The number of nitrogens with zero attached hydrogens (tertiary/aromatic N) is 1. The van der Waals surface area contributed by atoms with Crippen LogP contribution in [-0.2, 0) is 31.8 Å². The van der Waals surface area contributed by atoms with Crippen LogP contribution < -0.4 is 0 Å². The lowest BCUT2D eigenvalue weighted by atomic mass is 9.91. The lowest BCUT2D eigenvalue weighted by Gasteiger charge is -2.26. The third-order valence-electron chi connectivity index (χ3n) is 7.49. The van der Waals surface area contributed by atoms with Crippen molar-refractivity contribution in [2.45, 2.75) is 46.1 Å². The molecule has 1 aliphatic rings. The Morgan fingerprint density at radius 1 is 1.00 bits per heavy atom. The zero-order chi connectivity index (χ0) is 30.8. The molecule has 9 heteroatoms. The van der Waals surface area contributed by atoms with Gasteiger partial charge in [-0.15, -0.1) is 0 Å². The molecule has 2 amide bonds. The zero-order valence-corrected chi connectivity index (χ0v) is 25.1. The Labute approximate surface area is 252 Å². The lowest BCUT2D eigenvalue weighted by molar-refractivity contribution is -0.132. The van der Waals surface area contributed by atoms with E-state index in [-0.39, 0.29) is 37.9 Å². The van der Waals surface area contributed by atoms with E-state index in [4.69, 9.17) is 23.7 Å². The van der Waals surface area contributed by atoms with Gasteiger partial charge < -0.3 is 23.7 Å². The molecular formula is C34H41NO8. The SMILES string of the molecule is Cc1cccc(-c2cc(C(=O)[C@@H](Cc3ccccc3)C(=O)N3C(=O)OC[C@@H]3C(C)C)oc2CCCOCCOCCO)c1. The fourth-order valence-electron chi connectivity index (χ4n) is 5.18. The first-order valence-corrected chi connectivity index (χ1v) is 14.8. The van der Waals surface area contributed by atoms with Crippen molar-refractivity contribution in [2.24, 2.45) is 11.8 Å². The van der Waals surface area contributed by atoms with Gasteiger partial charge in [-0.3, -0.25) is 9.59 Å². The van der Waals surface area contributed by atoms with Crippen molar-refractivity contribution < 1.29 is 38.1 Å². The van der Waals surface area contributed by atoms with Crippen molar-refractivity contribution in [3.63, 3.8) is 0 Å². The predicted octanol–water partition coefficient (Wildman–Crippen LogP) is 5.26. The van der Waals surface area contributed by atoms with E-state index in [0.29, 0.717) is 38.4 Å². The fraction of sp³-hybridized carbons (Fsp3) is 0.441. The summed E-state index contributed by atoms with van der Waals surface area (Å²) in [4.78, 5) is 41.9. The van der Waals surface area contributed by atoms with Gasteiger partial charge in [0.25, 0.3) is 0 Å². The molecule has 43 heavy (non-hydrogen) atoms. The first kappa shape index (κ1) is 32.1. The molecule has 1 saturated heterocycles. The number of furan rings is 1. The molecule has 1 aliphatic heterocycles. The molecule has 2 atom stereocenters. The molecule has 3 aromatic rings. The quantitative estimate of drug-likeness (QED) is 0.136. The third-order valence-corrected chi connectivity index (χ3v) is 7.49. The minimum Gasteiger partial charge on any atom is -0.457 e. The second-order valence-corrected chi connectivity index (χ2v) is 11.1. The molecule has 1 N–H and O–H groups in total. The van der Waals surface area contributed by atoms with Crippen molar-refractivity contribution in [1.29, 1.82) is 0 Å². The summed E-state index contributed by atoms with van der Waals surface area (Å²) in [5, 5.41) is 8.81. The lowest BCUT2D eigenvalue weighted by Crippen LogP contribution is -2.47. The zero-order valence-electron chi connectivity index (χ0n) is 25.1. The highest BCUT2D eigenvalue weighted by atomic mass is 16.6. The second kappa shape index (κ2) is 15.6. The Hall–Kier alpha value is -3.79. The number of aliphatic hydroxyl groups excluding tert-OH is 1. The number of imide groups is 1. The first-order chi connectivity index (χ1) is 20.8. The van der Waals surface area contributed by atoms with E-state index in [0.717, 1.165) is 27.2 Å². The number of cyclic esters (lactones) is 1. The Balaban J connectivity index is 1.61. The molecule has 9 nitrogen and oxygen atoms in total. The van der Waals surface area contributed by atoms with Crippen LogP contribution in [0.1, 0.15) is 47.7 Å². The number of amides is 2. The van der Waals surface area contributed by atoms with Crippen molar-refractivity contribution in [2.75, 3.05) is 39.6 Å². The van der Waals surface area contributed by atoms with Crippen LogP contribution >= 0.6 is 0 Å². The van der Waals surface area contributed by atoms with E-state index in [1.807, 2.05) is 75.4 Å². The fourth-order valence-corrected chi connectivity index (χ4v) is 5.18. The molecule has 2 aromatic carbocycles. The van der Waals surface area contributed by atoms with Gasteiger partial charge in [0.15, 0.2) is 5.76 Å². The average molecular weight is 592 g/mol. The topological polar surface area (TPSA) is 116 Å². The Morgan fingerprint density at radius 3 is 2.44 bits per heavy atom. The van der Waals surface area contributed by atoms with E-state index >= 15 is 0 Å². The van der Waals surface area contributed by atoms with E-state index < -0.39 is 29.7 Å². The highest BCUT2D eigenvalue weighted by Crippen LogP contribution is 2.32. The largest absolute Gasteiger partial charge is 0.457 e. The molecule has 0 radical (unpaired) electrons. The maximum atomic E-state index is 14.1. The molecule has 230 valence electrons. The maximum absolute atomic E-state index is 14.1.